The van der Waals surface area contributed by atoms with Gasteiger partial charge in [-0.2, -0.15) is 0 Å². The van der Waals surface area contributed by atoms with Gasteiger partial charge in [-0.3, -0.25) is 0 Å². The summed E-state index contributed by atoms with van der Waals surface area (Å²) in [4.78, 5) is 15.1. The molecule has 0 aliphatic heterocycles. The van der Waals surface area contributed by atoms with Crippen molar-refractivity contribution in [2.75, 3.05) is 0 Å². The highest BCUT2D eigenvalue weighted by molar-refractivity contribution is 5.84. The van der Waals surface area contributed by atoms with E-state index in [-0.39, 0.29) is 6.10 Å². The summed E-state index contributed by atoms with van der Waals surface area (Å²) in [5.74, 6) is -0.702. The van der Waals surface area contributed by atoms with E-state index in [1.54, 1.807) is 38.3 Å². The molecule has 4 heteroatoms. The molecule has 0 aliphatic rings. The maximum absolute atomic E-state index is 12.3. The SMILES string of the molecule is CC(C)OC(=O)[C@@](O)(/C=C/c1ccccc1)c1ccc[nH]1. The second-order valence-electron chi connectivity index (χ2n) is 5.05. The second kappa shape index (κ2) is 6.41. The number of hydrogen-bond donors (Lipinski definition) is 2. The zero-order valence-electron chi connectivity index (χ0n) is 12.1. The average molecular weight is 285 g/mol. The van der Waals surface area contributed by atoms with Crippen LogP contribution in [-0.2, 0) is 15.1 Å². The first-order valence-electron chi connectivity index (χ1n) is 6.84. The minimum absolute atomic E-state index is 0.302. The van der Waals surface area contributed by atoms with Crippen LogP contribution in [0.3, 0.4) is 0 Å². The number of rotatable bonds is 5. The lowest BCUT2D eigenvalue weighted by atomic mass is 9.98. The fourth-order valence-electron chi connectivity index (χ4n) is 1.92. The van der Waals surface area contributed by atoms with Crippen molar-refractivity contribution in [3.05, 3.63) is 66.0 Å². The van der Waals surface area contributed by atoms with Gasteiger partial charge < -0.3 is 14.8 Å². The molecule has 1 atom stereocenters. The van der Waals surface area contributed by atoms with Crippen molar-refractivity contribution in [2.24, 2.45) is 0 Å². The third-order valence-corrected chi connectivity index (χ3v) is 2.98. The molecule has 0 bridgehead atoms. The summed E-state index contributed by atoms with van der Waals surface area (Å²) >= 11 is 0. The van der Waals surface area contributed by atoms with Crippen molar-refractivity contribution in [3.8, 4) is 0 Å². The smallest absolute Gasteiger partial charge is 0.348 e. The number of H-pyrrole nitrogens is 1. The lowest BCUT2D eigenvalue weighted by Gasteiger charge is -2.23. The van der Waals surface area contributed by atoms with Crippen molar-refractivity contribution in [3.63, 3.8) is 0 Å². The van der Waals surface area contributed by atoms with Gasteiger partial charge in [0.2, 0.25) is 5.60 Å². The summed E-state index contributed by atoms with van der Waals surface area (Å²) in [5.41, 5.74) is -0.566. The predicted octanol–water partition coefficient (Wildman–Crippen LogP) is 2.87. The summed E-state index contributed by atoms with van der Waals surface area (Å²) in [7, 11) is 0. The van der Waals surface area contributed by atoms with Gasteiger partial charge in [0.1, 0.15) is 0 Å². The van der Waals surface area contributed by atoms with Crippen LogP contribution in [0.1, 0.15) is 25.1 Å². The third kappa shape index (κ3) is 3.61. The van der Waals surface area contributed by atoms with Gasteiger partial charge in [0.15, 0.2) is 0 Å². The van der Waals surface area contributed by atoms with Crippen LogP contribution in [0.25, 0.3) is 6.08 Å². The average Bonchev–Trinajstić information content (AvgIpc) is 3.00. The Hall–Kier alpha value is -2.33. The van der Waals surface area contributed by atoms with Crippen molar-refractivity contribution >= 4 is 12.0 Å². The zero-order chi connectivity index (χ0) is 15.3. The maximum Gasteiger partial charge on any atom is 0.348 e. The molecule has 0 unspecified atom stereocenters. The summed E-state index contributed by atoms with van der Waals surface area (Å²) in [6.45, 7) is 3.49. The van der Waals surface area contributed by atoms with Gasteiger partial charge >= 0.3 is 5.97 Å². The molecule has 0 amide bonds. The normalized spacial score (nSPS) is 14.3. The Morgan fingerprint density at radius 1 is 1.24 bits per heavy atom. The van der Waals surface area contributed by atoms with E-state index < -0.39 is 11.6 Å². The number of aromatic amines is 1. The molecule has 0 saturated heterocycles. The molecule has 0 fully saturated rings. The van der Waals surface area contributed by atoms with Gasteiger partial charge in [0.05, 0.1) is 11.8 Å². The number of hydrogen-bond acceptors (Lipinski definition) is 3. The topological polar surface area (TPSA) is 62.3 Å². The molecule has 2 rings (SSSR count). The van der Waals surface area contributed by atoms with E-state index in [2.05, 4.69) is 4.98 Å². The van der Waals surface area contributed by atoms with Crippen molar-refractivity contribution in [2.45, 2.75) is 25.6 Å². The molecule has 2 N–H and O–H groups in total. The first-order valence-corrected chi connectivity index (χ1v) is 6.84. The molecule has 21 heavy (non-hydrogen) atoms. The molecular weight excluding hydrogens is 266 g/mol. The van der Waals surface area contributed by atoms with E-state index in [1.807, 2.05) is 30.3 Å². The fraction of sp³-hybridized carbons (Fsp3) is 0.235. The van der Waals surface area contributed by atoms with E-state index in [1.165, 1.54) is 6.08 Å². The quantitative estimate of drug-likeness (QED) is 0.830. The van der Waals surface area contributed by atoms with E-state index >= 15 is 0 Å². The van der Waals surface area contributed by atoms with Gasteiger partial charge in [0, 0.05) is 6.20 Å². The highest BCUT2D eigenvalue weighted by atomic mass is 16.6. The number of benzene rings is 1. The molecule has 0 radical (unpaired) electrons. The lowest BCUT2D eigenvalue weighted by Crippen LogP contribution is -2.37. The summed E-state index contributed by atoms with van der Waals surface area (Å²) in [6.07, 6.45) is 4.49. The van der Waals surface area contributed by atoms with Crippen molar-refractivity contribution < 1.29 is 14.6 Å². The van der Waals surface area contributed by atoms with Gasteiger partial charge in [-0.1, -0.05) is 36.4 Å². The van der Waals surface area contributed by atoms with Gasteiger partial charge in [-0.25, -0.2) is 4.79 Å². The Labute approximate surface area is 124 Å². The highest BCUT2D eigenvalue weighted by Crippen LogP contribution is 2.25. The van der Waals surface area contributed by atoms with Crippen LogP contribution in [0.15, 0.2) is 54.7 Å². The number of aromatic nitrogens is 1. The molecule has 0 saturated carbocycles. The molecule has 0 aliphatic carbocycles. The zero-order valence-corrected chi connectivity index (χ0v) is 12.1. The second-order valence-corrected chi connectivity index (χ2v) is 5.05. The van der Waals surface area contributed by atoms with Crippen LogP contribution in [0.5, 0.6) is 0 Å². The van der Waals surface area contributed by atoms with Crippen LogP contribution in [0, 0.1) is 0 Å². The van der Waals surface area contributed by atoms with Crippen LogP contribution in [0.2, 0.25) is 0 Å². The predicted molar refractivity (Wildman–Crippen MR) is 81.4 cm³/mol. The molecule has 1 heterocycles. The Morgan fingerprint density at radius 2 is 1.95 bits per heavy atom. The third-order valence-electron chi connectivity index (χ3n) is 2.98. The van der Waals surface area contributed by atoms with E-state index in [0.29, 0.717) is 5.69 Å². The van der Waals surface area contributed by atoms with E-state index in [0.717, 1.165) is 5.56 Å². The minimum Gasteiger partial charge on any atom is -0.460 e. The highest BCUT2D eigenvalue weighted by Gasteiger charge is 2.38. The van der Waals surface area contributed by atoms with Gasteiger partial charge in [0.25, 0.3) is 0 Å². The Bertz CT molecular complexity index is 602. The van der Waals surface area contributed by atoms with E-state index in [9.17, 15) is 9.90 Å². The summed E-state index contributed by atoms with van der Waals surface area (Å²) < 4.78 is 5.17. The molecular formula is C17H19NO3. The first-order chi connectivity index (χ1) is 10.0. The maximum atomic E-state index is 12.3. The summed E-state index contributed by atoms with van der Waals surface area (Å²) in [5, 5.41) is 10.8. The van der Waals surface area contributed by atoms with Crippen LogP contribution in [0.4, 0.5) is 0 Å². The fourth-order valence-corrected chi connectivity index (χ4v) is 1.92. The number of carbonyl (C=O) groups excluding carboxylic acids is 1. The minimum atomic E-state index is -1.83. The largest absolute Gasteiger partial charge is 0.460 e. The molecule has 1 aromatic carbocycles. The molecule has 2 aromatic rings. The molecule has 0 spiro atoms. The number of nitrogens with one attached hydrogen (secondary N) is 1. The number of aliphatic hydroxyl groups is 1. The van der Waals surface area contributed by atoms with Crippen molar-refractivity contribution in [1.29, 1.82) is 0 Å². The van der Waals surface area contributed by atoms with E-state index in [4.69, 9.17) is 4.74 Å². The van der Waals surface area contributed by atoms with Gasteiger partial charge in [-0.15, -0.1) is 0 Å². The summed E-state index contributed by atoms with van der Waals surface area (Å²) in [6, 6.07) is 12.8. The molecule has 4 nitrogen and oxygen atoms in total. The van der Waals surface area contributed by atoms with Crippen molar-refractivity contribution in [1.82, 2.24) is 4.98 Å². The van der Waals surface area contributed by atoms with Crippen LogP contribution < -0.4 is 0 Å². The molecule has 1 aromatic heterocycles. The number of esters is 1. The van der Waals surface area contributed by atoms with Crippen LogP contribution in [-0.4, -0.2) is 22.2 Å². The Kier molecular flexibility index (Phi) is 4.60. The number of ether oxygens (including phenoxy) is 1. The molecule has 110 valence electrons. The van der Waals surface area contributed by atoms with Gasteiger partial charge in [-0.05, 0) is 37.6 Å². The standard InChI is InChI=1S/C17H19NO3/c1-13(2)21-16(19)17(20,15-9-6-12-18-15)11-10-14-7-4-3-5-8-14/h3-13,18,20H,1-2H3/b11-10+/t17-/m1/s1. The number of carbonyl (C=O) groups is 1. The lowest BCUT2D eigenvalue weighted by molar-refractivity contribution is -0.165. The first kappa shape index (κ1) is 15.1. The Morgan fingerprint density at radius 3 is 2.52 bits per heavy atom. The van der Waals surface area contributed by atoms with Crippen LogP contribution >= 0.6 is 0 Å². The Balaban J connectivity index is 2.33. The monoisotopic (exact) mass is 285 g/mol.